The van der Waals surface area contributed by atoms with Crippen molar-refractivity contribution in [3.05, 3.63) is 95.1 Å². The number of hydrogen-bond acceptors (Lipinski definition) is 3. The van der Waals surface area contributed by atoms with Crippen molar-refractivity contribution in [3.63, 3.8) is 0 Å². The Bertz CT molecular complexity index is 1010. The number of amides is 1. The third kappa shape index (κ3) is 3.35. The zero-order valence-corrected chi connectivity index (χ0v) is 15.6. The van der Waals surface area contributed by atoms with Crippen LogP contribution in [0.3, 0.4) is 0 Å². The number of carbonyl (C=O) groups excluding carboxylic acids is 1. The molecule has 4 rings (SSSR count). The standard InChI is InChI=1S/C24H20N2O2/c1-16(18-12-10-17(14-25)11-13-18)26-24(27)28-15-23-21-8-4-2-6-19(21)20-7-3-5-9-22(20)23/h2-13,16,23H,15H2,1H3,(H,26,27)/t16-/m1/s1. The van der Waals surface area contributed by atoms with Crippen molar-refractivity contribution in [2.75, 3.05) is 6.61 Å². The molecule has 0 aliphatic heterocycles. The maximum Gasteiger partial charge on any atom is 0.407 e. The van der Waals surface area contributed by atoms with Crippen molar-refractivity contribution in [1.29, 1.82) is 5.26 Å². The van der Waals surface area contributed by atoms with Gasteiger partial charge < -0.3 is 10.1 Å². The fraction of sp³-hybridized carbons (Fsp3) is 0.167. The van der Waals surface area contributed by atoms with Gasteiger partial charge in [-0.2, -0.15) is 5.26 Å². The molecule has 3 aromatic carbocycles. The number of benzene rings is 3. The molecule has 28 heavy (non-hydrogen) atoms. The minimum Gasteiger partial charge on any atom is -0.449 e. The number of nitrogens with zero attached hydrogens (tertiary/aromatic N) is 1. The van der Waals surface area contributed by atoms with Crippen molar-refractivity contribution in [2.24, 2.45) is 0 Å². The van der Waals surface area contributed by atoms with E-state index in [4.69, 9.17) is 10.00 Å². The van der Waals surface area contributed by atoms with Gasteiger partial charge in [-0.1, -0.05) is 60.7 Å². The molecule has 0 spiro atoms. The van der Waals surface area contributed by atoms with E-state index in [-0.39, 0.29) is 12.0 Å². The molecule has 3 aromatic rings. The van der Waals surface area contributed by atoms with Crippen LogP contribution in [-0.4, -0.2) is 12.7 Å². The molecule has 1 aliphatic rings. The van der Waals surface area contributed by atoms with Gasteiger partial charge >= 0.3 is 6.09 Å². The zero-order chi connectivity index (χ0) is 19.5. The topological polar surface area (TPSA) is 62.1 Å². The Morgan fingerprint density at radius 3 is 2.14 bits per heavy atom. The minimum absolute atomic E-state index is 0.0448. The first kappa shape index (κ1) is 17.8. The Kier molecular flexibility index (Phi) is 4.82. The summed E-state index contributed by atoms with van der Waals surface area (Å²) in [6, 6.07) is 25.6. The van der Waals surface area contributed by atoms with Crippen molar-refractivity contribution >= 4 is 6.09 Å². The lowest BCUT2D eigenvalue weighted by atomic mass is 9.98. The van der Waals surface area contributed by atoms with Gasteiger partial charge in [0, 0.05) is 5.92 Å². The molecule has 1 aliphatic carbocycles. The van der Waals surface area contributed by atoms with E-state index in [0.29, 0.717) is 12.2 Å². The summed E-state index contributed by atoms with van der Waals surface area (Å²) in [6.07, 6.45) is -0.446. The molecule has 138 valence electrons. The van der Waals surface area contributed by atoms with Crippen LogP contribution in [-0.2, 0) is 4.74 Å². The second-order valence-electron chi connectivity index (χ2n) is 6.93. The van der Waals surface area contributed by atoms with E-state index in [9.17, 15) is 4.79 Å². The number of alkyl carbamates (subject to hydrolysis) is 1. The van der Waals surface area contributed by atoms with Crippen LogP contribution in [0.2, 0.25) is 0 Å². The van der Waals surface area contributed by atoms with E-state index in [1.807, 2.05) is 43.3 Å². The molecule has 0 saturated heterocycles. The molecule has 1 atom stereocenters. The third-order valence-corrected chi connectivity index (χ3v) is 5.22. The Morgan fingerprint density at radius 2 is 1.57 bits per heavy atom. The highest BCUT2D eigenvalue weighted by atomic mass is 16.5. The van der Waals surface area contributed by atoms with Crippen LogP contribution < -0.4 is 5.32 Å². The summed E-state index contributed by atoms with van der Waals surface area (Å²) in [5, 5.41) is 11.7. The van der Waals surface area contributed by atoms with Gasteiger partial charge in [-0.3, -0.25) is 0 Å². The van der Waals surface area contributed by atoms with Crippen LogP contribution in [0, 0.1) is 11.3 Å². The summed E-state index contributed by atoms with van der Waals surface area (Å²) < 4.78 is 5.57. The predicted octanol–water partition coefficient (Wildman–Crippen LogP) is 5.16. The molecule has 0 bridgehead atoms. The van der Waals surface area contributed by atoms with Gasteiger partial charge in [0.15, 0.2) is 0 Å². The van der Waals surface area contributed by atoms with Crippen molar-refractivity contribution < 1.29 is 9.53 Å². The summed E-state index contributed by atoms with van der Waals surface area (Å²) >= 11 is 0. The number of hydrogen-bond donors (Lipinski definition) is 1. The van der Waals surface area contributed by atoms with Crippen LogP contribution in [0.1, 0.15) is 41.1 Å². The van der Waals surface area contributed by atoms with Crippen LogP contribution in [0.4, 0.5) is 4.79 Å². The summed E-state index contributed by atoms with van der Waals surface area (Å²) in [5.74, 6) is 0.0448. The molecule has 0 fully saturated rings. The van der Waals surface area contributed by atoms with Crippen molar-refractivity contribution in [3.8, 4) is 17.2 Å². The number of ether oxygens (including phenoxy) is 1. The van der Waals surface area contributed by atoms with Gasteiger partial charge in [0.05, 0.1) is 17.7 Å². The second-order valence-corrected chi connectivity index (χ2v) is 6.93. The van der Waals surface area contributed by atoms with E-state index in [2.05, 4.69) is 35.7 Å². The summed E-state index contributed by atoms with van der Waals surface area (Å²) in [7, 11) is 0. The average molecular weight is 368 g/mol. The van der Waals surface area contributed by atoms with Gasteiger partial charge in [-0.05, 0) is 46.9 Å². The van der Waals surface area contributed by atoms with Crippen LogP contribution in [0.15, 0.2) is 72.8 Å². The lowest BCUT2D eigenvalue weighted by molar-refractivity contribution is 0.140. The molecule has 0 heterocycles. The first-order valence-electron chi connectivity index (χ1n) is 9.29. The number of nitrogens with one attached hydrogen (secondary N) is 1. The quantitative estimate of drug-likeness (QED) is 0.692. The molecule has 4 heteroatoms. The summed E-state index contributed by atoms with van der Waals surface area (Å²) in [5.41, 5.74) is 6.31. The smallest absolute Gasteiger partial charge is 0.407 e. The van der Waals surface area contributed by atoms with Gasteiger partial charge in [-0.25, -0.2) is 4.79 Å². The van der Waals surface area contributed by atoms with Crippen LogP contribution in [0.5, 0.6) is 0 Å². The Labute approximate surface area is 164 Å². The fourth-order valence-corrected chi connectivity index (χ4v) is 3.75. The molecular weight excluding hydrogens is 348 g/mol. The monoisotopic (exact) mass is 368 g/mol. The summed E-state index contributed by atoms with van der Waals surface area (Å²) in [6.45, 7) is 2.18. The molecule has 4 nitrogen and oxygen atoms in total. The normalized spacial score (nSPS) is 13.1. The molecule has 0 aromatic heterocycles. The fourth-order valence-electron chi connectivity index (χ4n) is 3.75. The SMILES string of the molecule is C[C@@H](NC(=O)OCC1c2ccccc2-c2ccccc21)c1ccc(C#N)cc1. The molecular formula is C24H20N2O2. The highest BCUT2D eigenvalue weighted by Gasteiger charge is 2.29. The van der Waals surface area contributed by atoms with E-state index in [1.54, 1.807) is 12.1 Å². The lowest BCUT2D eigenvalue weighted by Gasteiger charge is -2.17. The first-order chi connectivity index (χ1) is 13.7. The van der Waals surface area contributed by atoms with Gasteiger partial charge in [0.1, 0.15) is 6.61 Å². The maximum absolute atomic E-state index is 12.3. The highest BCUT2D eigenvalue weighted by Crippen LogP contribution is 2.44. The summed E-state index contributed by atoms with van der Waals surface area (Å²) in [4.78, 5) is 12.3. The number of rotatable bonds is 4. The van der Waals surface area contributed by atoms with Gasteiger partial charge in [0.2, 0.25) is 0 Å². The molecule has 0 unspecified atom stereocenters. The van der Waals surface area contributed by atoms with Gasteiger partial charge in [-0.15, -0.1) is 0 Å². The highest BCUT2D eigenvalue weighted by molar-refractivity contribution is 5.79. The average Bonchev–Trinajstić information content (AvgIpc) is 3.06. The predicted molar refractivity (Wildman–Crippen MR) is 108 cm³/mol. The molecule has 0 saturated carbocycles. The number of fused-ring (bicyclic) bond motifs is 3. The zero-order valence-electron chi connectivity index (χ0n) is 15.6. The Hall–Kier alpha value is -3.58. The van der Waals surface area contributed by atoms with Crippen LogP contribution >= 0.6 is 0 Å². The molecule has 1 amide bonds. The van der Waals surface area contributed by atoms with E-state index < -0.39 is 6.09 Å². The van der Waals surface area contributed by atoms with E-state index in [0.717, 1.165) is 5.56 Å². The third-order valence-electron chi connectivity index (χ3n) is 5.22. The minimum atomic E-state index is -0.446. The van der Waals surface area contributed by atoms with Gasteiger partial charge in [0.25, 0.3) is 0 Å². The second kappa shape index (κ2) is 7.58. The number of nitriles is 1. The molecule has 0 radical (unpaired) electrons. The first-order valence-corrected chi connectivity index (χ1v) is 9.29. The van der Waals surface area contributed by atoms with Crippen LogP contribution in [0.25, 0.3) is 11.1 Å². The van der Waals surface area contributed by atoms with E-state index >= 15 is 0 Å². The largest absolute Gasteiger partial charge is 0.449 e. The maximum atomic E-state index is 12.3. The lowest BCUT2D eigenvalue weighted by Crippen LogP contribution is -2.28. The molecule has 1 N–H and O–H groups in total. The Balaban J connectivity index is 1.43. The van der Waals surface area contributed by atoms with E-state index in [1.165, 1.54) is 22.3 Å². The van der Waals surface area contributed by atoms with Crippen molar-refractivity contribution in [2.45, 2.75) is 18.9 Å². The Morgan fingerprint density at radius 1 is 1.00 bits per heavy atom. The van der Waals surface area contributed by atoms with Crippen molar-refractivity contribution in [1.82, 2.24) is 5.32 Å². The number of carbonyl (C=O) groups is 1.